The van der Waals surface area contributed by atoms with Gasteiger partial charge >= 0.3 is 0 Å². The van der Waals surface area contributed by atoms with E-state index in [1.165, 1.54) is 0 Å². The molecular formula is C14H17ClO4. The van der Waals surface area contributed by atoms with Crippen molar-refractivity contribution < 1.29 is 19.3 Å². The molecule has 4 nitrogen and oxygen atoms in total. The van der Waals surface area contributed by atoms with Crippen molar-refractivity contribution in [2.24, 2.45) is 5.92 Å². The molecule has 2 atom stereocenters. The number of benzene rings is 1. The second-order valence-electron chi connectivity index (χ2n) is 4.95. The maximum atomic E-state index is 10.4. The quantitative estimate of drug-likeness (QED) is 0.907. The van der Waals surface area contributed by atoms with Crippen molar-refractivity contribution in [1.29, 1.82) is 0 Å². The number of halogens is 1. The van der Waals surface area contributed by atoms with Crippen molar-refractivity contribution in [2.45, 2.75) is 18.9 Å². The average molecular weight is 285 g/mol. The predicted octanol–water partition coefficient (Wildman–Crippen LogP) is 2.57. The van der Waals surface area contributed by atoms with Crippen molar-refractivity contribution in [3.8, 4) is 11.5 Å². The van der Waals surface area contributed by atoms with Gasteiger partial charge in [0.05, 0.1) is 17.7 Å². The van der Waals surface area contributed by atoms with Gasteiger partial charge in [-0.15, -0.1) is 0 Å². The normalized spacial score (nSPS) is 24.0. The lowest BCUT2D eigenvalue weighted by Gasteiger charge is -2.28. The topological polar surface area (TPSA) is 47.9 Å². The second kappa shape index (κ2) is 5.57. The third-order valence-corrected chi connectivity index (χ3v) is 3.88. The molecule has 1 aromatic rings. The minimum Gasteiger partial charge on any atom is -0.486 e. The summed E-state index contributed by atoms with van der Waals surface area (Å²) in [6.45, 7) is 2.39. The molecule has 5 heteroatoms. The van der Waals surface area contributed by atoms with Crippen molar-refractivity contribution in [3.05, 3.63) is 22.7 Å². The molecule has 2 unspecified atom stereocenters. The minimum atomic E-state index is -0.575. The van der Waals surface area contributed by atoms with Gasteiger partial charge in [-0.2, -0.15) is 0 Å². The molecule has 104 valence electrons. The third kappa shape index (κ3) is 2.66. The standard InChI is InChI=1S/C14H17ClO4/c15-11-6-10(7-12-14(11)19-5-4-18-12)13(16)9-2-1-3-17-8-9/h6-7,9,13,16H,1-5,8H2. The van der Waals surface area contributed by atoms with Gasteiger partial charge in [-0.1, -0.05) is 11.6 Å². The first-order valence-corrected chi connectivity index (χ1v) is 6.98. The van der Waals surface area contributed by atoms with Gasteiger partial charge in [0.25, 0.3) is 0 Å². The SMILES string of the molecule is OC(c1cc(Cl)c2c(c1)OCCO2)C1CCCOC1. The van der Waals surface area contributed by atoms with Crippen LogP contribution in [0.2, 0.25) is 5.02 Å². The number of rotatable bonds is 2. The highest BCUT2D eigenvalue weighted by atomic mass is 35.5. The Morgan fingerprint density at radius 1 is 1.21 bits per heavy atom. The monoisotopic (exact) mass is 284 g/mol. The lowest BCUT2D eigenvalue weighted by molar-refractivity contribution is -0.0101. The van der Waals surface area contributed by atoms with E-state index in [0.717, 1.165) is 25.0 Å². The fourth-order valence-corrected chi connectivity index (χ4v) is 2.86. The Hall–Kier alpha value is -0.970. The highest BCUT2D eigenvalue weighted by molar-refractivity contribution is 6.32. The molecule has 0 bridgehead atoms. The number of fused-ring (bicyclic) bond motifs is 1. The first kappa shape index (κ1) is 13.0. The molecule has 0 amide bonds. The van der Waals surface area contributed by atoms with E-state index >= 15 is 0 Å². The van der Waals surface area contributed by atoms with E-state index in [1.54, 1.807) is 6.07 Å². The highest BCUT2D eigenvalue weighted by Crippen LogP contribution is 2.41. The van der Waals surface area contributed by atoms with E-state index in [-0.39, 0.29) is 5.92 Å². The van der Waals surface area contributed by atoms with Crippen LogP contribution in [0.4, 0.5) is 0 Å². The number of aliphatic hydroxyl groups excluding tert-OH is 1. The van der Waals surface area contributed by atoms with E-state index in [9.17, 15) is 5.11 Å². The Morgan fingerprint density at radius 3 is 2.84 bits per heavy atom. The van der Waals surface area contributed by atoms with Crippen LogP contribution in [0.25, 0.3) is 0 Å². The summed E-state index contributed by atoms with van der Waals surface area (Å²) < 4.78 is 16.4. The average Bonchev–Trinajstić information content (AvgIpc) is 2.47. The summed E-state index contributed by atoms with van der Waals surface area (Å²) in [4.78, 5) is 0. The lowest BCUT2D eigenvalue weighted by Crippen LogP contribution is -2.24. The first-order valence-electron chi connectivity index (χ1n) is 6.60. The van der Waals surface area contributed by atoms with Crippen molar-refractivity contribution in [3.63, 3.8) is 0 Å². The van der Waals surface area contributed by atoms with Crippen LogP contribution >= 0.6 is 11.6 Å². The largest absolute Gasteiger partial charge is 0.486 e. The Balaban J connectivity index is 1.85. The smallest absolute Gasteiger partial charge is 0.179 e. The van der Waals surface area contributed by atoms with Crippen LogP contribution in [0.15, 0.2) is 12.1 Å². The fraction of sp³-hybridized carbons (Fsp3) is 0.571. The third-order valence-electron chi connectivity index (χ3n) is 3.60. The van der Waals surface area contributed by atoms with Crippen LogP contribution in [0, 0.1) is 5.92 Å². The van der Waals surface area contributed by atoms with Gasteiger partial charge in [0.1, 0.15) is 13.2 Å². The molecule has 19 heavy (non-hydrogen) atoms. The van der Waals surface area contributed by atoms with Crippen molar-refractivity contribution in [2.75, 3.05) is 26.4 Å². The second-order valence-corrected chi connectivity index (χ2v) is 5.36. The van der Waals surface area contributed by atoms with E-state index < -0.39 is 6.10 Å². The number of aliphatic hydroxyl groups is 1. The molecular weight excluding hydrogens is 268 g/mol. The number of ether oxygens (including phenoxy) is 3. The Kier molecular flexibility index (Phi) is 3.82. The molecule has 0 radical (unpaired) electrons. The molecule has 1 N–H and O–H groups in total. The van der Waals surface area contributed by atoms with E-state index in [1.807, 2.05) is 6.07 Å². The van der Waals surface area contributed by atoms with Crippen molar-refractivity contribution >= 4 is 11.6 Å². The van der Waals surface area contributed by atoms with Gasteiger partial charge in [-0.25, -0.2) is 0 Å². The van der Waals surface area contributed by atoms with Crippen LogP contribution in [-0.4, -0.2) is 31.5 Å². The minimum absolute atomic E-state index is 0.118. The molecule has 2 heterocycles. The van der Waals surface area contributed by atoms with Crippen molar-refractivity contribution in [1.82, 2.24) is 0 Å². The fourth-order valence-electron chi connectivity index (χ4n) is 2.59. The van der Waals surface area contributed by atoms with E-state index in [0.29, 0.717) is 36.3 Å². The Bertz CT molecular complexity index is 457. The maximum Gasteiger partial charge on any atom is 0.179 e. The molecule has 2 aliphatic heterocycles. The molecule has 1 fully saturated rings. The Labute approximate surface area is 117 Å². The molecule has 0 aliphatic carbocycles. The summed E-state index contributed by atoms with van der Waals surface area (Å²) in [5.74, 6) is 1.31. The maximum absolute atomic E-state index is 10.4. The summed E-state index contributed by atoms with van der Waals surface area (Å²) in [5, 5.41) is 10.9. The van der Waals surface area contributed by atoms with Crippen LogP contribution in [-0.2, 0) is 4.74 Å². The molecule has 0 spiro atoms. The first-order chi connectivity index (χ1) is 9.25. The predicted molar refractivity (Wildman–Crippen MR) is 70.9 cm³/mol. The van der Waals surface area contributed by atoms with Gasteiger partial charge in [0.2, 0.25) is 0 Å². The van der Waals surface area contributed by atoms with Gasteiger partial charge in [0.15, 0.2) is 11.5 Å². The molecule has 3 rings (SSSR count). The van der Waals surface area contributed by atoms with Gasteiger partial charge < -0.3 is 19.3 Å². The summed E-state index contributed by atoms with van der Waals surface area (Å²) >= 11 is 6.18. The van der Waals surface area contributed by atoms with Crippen LogP contribution in [0.5, 0.6) is 11.5 Å². The van der Waals surface area contributed by atoms with Gasteiger partial charge in [-0.05, 0) is 30.5 Å². The number of hydrogen-bond acceptors (Lipinski definition) is 4. The number of hydrogen-bond donors (Lipinski definition) is 1. The summed E-state index contributed by atoms with van der Waals surface area (Å²) in [7, 11) is 0. The highest BCUT2D eigenvalue weighted by Gasteiger charge is 2.26. The molecule has 2 aliphatic rings. The zero-order valence-corrected chi connectivity index (χ0v) is 11.4. The van der Waals surface area contributed by atoms with E-state index in [4.69, 9.17) is 25.8 Å². The Morgan fingerprint density at radius 2 is 2.05 bits per heavy atom. The van der Waals surface area contributed by atoms with Crippen LogP contribution < -0.4 is 9.47 Å². The summed E-state index contributed by atoms with van der Waals surface area (Å²) in [5.41, 5.74) is 0.768. The molecule has 0 saturated carbocycles. The molecule has 0 aromatic heterocycles. The van der Waals surface area contributed by atoms with Crippen LogP contribution in [0.3, 0.4) is 0 Å². The van der Waals surface area contributed by atoms with Gasteiger partial charge in [-0.3, -0.25) is 0 Å². The van der Waals surface area contributed by atoms with Crippen LogP contribution in [0.1, 0.15) is 24.5 Å². The van der Waals surface area contributed by atoms with Gasteiger partial charge in [0, 0.05) is 12.5 Å². The zero-order chi connectivity index (χ0) is 13.2. The molecule has 1 aromatic carbocycles. The van der Waals surface area contributed by atoms with E-state index in [2.05, 4.69) is 0 Å². The lowest BCUT2D eigenvalue weighted by atomic mass is 9.91. The molecule has 1 saturated heterocycles. The zero-order valence-electron chi connectivity index (χ0n) is 10.6. The summed E-state index contributed by atoms with van der Waals surface area (Å²) in [6, 6.07) is 3.58. The summed E-state index contributed by atoms with van der Waals surface area (Å²) in [6.07, 6.45) is 1.38.